The highest BCUT2D eigenvalue weighted by Gasteiger charge is 2.44. The van der Waals surface area contributed by atoms with Crippen LogP contribution in [0.1, 0.15) is 17.2 Å². The first-order valence-corrected chi connectivity index (χ1v) is 8.95. The standard InChI is InChI=1S/C20H20O7/c21-8-14-13(5-11-1-3-15-17(6-11)25-9-23-15)20(22)27-19(14)12-2-4-16-18(7-12)26-10-24-16/h1-4,6-7,13-14,19-22H,5,8-10H2. The van der Waals surface area contributed by atoms with Gasteiger partial charge in [-0.3, -0.25) is 0 Å². The fraction of sp³-hybridized carbons (Fsp3) is 0.400. The third-order valence-electron chi connectivity index (χ3n) is 5.44. The molecule has 0 amide bonds. The molecule has 1 fully saturated rings. The van der Waals surface area contributed by atoms with Gasteiger partial charge in [0, 0.05) is 18.4 Å². The molecule has 3 heterocycles. The van der Waals surface area contributed by atoms with Crippen molar-refractivity contribution in [2.75, 3.05) is 20.2 Å². The summed E-state index contributed by atoms with van der Waals surface area (Å²) < 4.78 is 27.4. The average molecular weight is 372 g/mol. The lowest BCUT2D eigenvalue weighted by atomic mass is 9.83. The average Bonchev–Trinajstić information content (AvgIpc) is 3.40. The molecule has 0 saturated carbocycles. The van der Waals surface area contributed by atoms with Crippen LogP contribution in [0, 0.1) is 11.8 Å². The number of hydrogen-bond donors (Lipinski definition) is 2. The molecule has 0 aromatic heterocycles. The van der Waals surface area contributed by atoms with Crippen LogP contribution in [0.2, 0.25) is 0 Å². The molecule has 2 N–H and O–H groups in total. The van der Waals surface area contributed by atoms with Gasteiger partial charge in [-0.05, 0) is 41.8 Å². The van der Waals surface area contributed by atoms with Crippen molar-refractivity contribution in [1.29, 1.82) is 0 Å². The monoisotopic (exact) mass is 372 g/mol. The summed E-state index contributed by atoms with van der Waals surface area (Å²) in [5, 5.41) is 20.5. The fourth-order valence-corrected chi connectivity index (χ4v) is 4.03. The maximum atomic E-state index is 10.5. The second-order valence-corrected chi connectivity index (χ2v) is 6.96. The van der Waals surface area contributed by atoms with E-state index in [2.05, 4.69) is 0 Å². The number of rotatable bonds is 4. The van der Waals surface area contributed by atoms with Gasteiger partial charge in [0.2, 0.25) is 13.6 Å². The van der Waals surface area contributed by atoms with E-state index in [1.807, 2.05) is 36.4 Å². The third-order valence-corrected chi connectivity index (χ3v) is 5.44. The van der Waals surface area contributed by atoms with Gasteiger partial charge in [0.05, 0.1) is 6.10 Å². The Kier molecular flexibility index (Phi) is 4.07. The van der Waals surface area contributed by atoms with E-state index >= 15 is 0 Å². The van der Waals surface area contributed by atoms with Gasteiger partial charge in [-0.2, -0.15) is 0 Å². The van der Waals surface area contributed by atoms with Gasteiger partial charge in [-0.25, -0.2) is 0 Å². The van der Waals surface area contributed by atoms with E-state index in [1.165, 1.54) is 0 Å². The van der Waals surface area contributed by atoms with Crippen LogP contribution in [-0.4, -0.2) is 36.7 Å². The van der Waals surface area contributed by atoms with Gasteiger partial charge in [-0.15, -0.1) is 0 Å². The predicted molar refractivity (Wildman–Crippen MR) is 92.7 cm³/mol. The lowest BCUT2D eigenvalue weighted by Crippen LogP contribution is -2.25. The Balaban J connectivity index is 1.39. The Morgan fingerprint density at radius 1 is 0.815 bits per heavy atom. The Labute approximate surface area is 156 Å². The molecule has 0 bridgehead atoms. The minimum atomic E-state index is -0.969. The minimum absolute atomic E-state index is 0.0919. The number of fused-ring (bicyclic) bond motifs is 2. The number of benzene rings is 2. The molecule has 0 spiro atoms. The van der Waals surface area contributed by atoms with Crippen LogP contribution in [0.3, 0.4) is 0 Å². The summed E-state index contributed by atoms with van der Waals surface area (Å²) in [4.78, 5) is 0. The van der Waals surface area contributed by atoms with Crippen LogP contribution in [0.25, 0.3) is 0 Å². The number of hydrogen-bond acceptors (Lipinski definition) is 7. The smallest absolute Gasteiger partial charge is 0.231 e. The van der Waals surface area contributed by atoms with Crippen LogP contribution >= 0.6 is 0 Å². The minimum Gasteiger partial charge on any atom is -0.454 e. The largest absolute Gasteiger partial charge is 0.454 e. The molecule has 3 aliphatic rings. The lowest BCUT2D eigenvalue weighted by Gasteiger charge is -2.21. The molecule has 27 heavy (non-hydrogen) atoms. The molecular formula is C20H20O7. The van der Waals surface area contributed by atoms with Gasteiger partial charge in [-0.1, -0.05) is 12.1 Å². The SMILES string of the molecule is OCC1C(c2ccc3c(c2)OCO3)OC(O)C1Cc1ccc2c(c1)OCO2. The quantitative estimate of drug-likeness (QED) is 0.849. The number of aliphatic hydroxyl groups excluding tert-OH is 2. The van der Waals surface area contributed by atoms with E-state index in [4.69, 9.17) is 23.7 Å². The van der Waals surface area contributed by atoms with E-state index in [9.17, 15) is 10.2 Å². The molecule has 3 aliphatic heterocycles. The van der Waals surface area contributed by atoms with Crippen molar-refractivity contribution < 1.29 is 33.9 Å². The molecule has 1 saturated heterocycles. The molecule has 4 atom stereocenters. The zero-order valence-corrected chi connectivity index (χ0v) is 14.5. The Hall–Kier alpha value is -2.48. The summed E-state index contributed by atoms with van der Waals surface area (Å²) in [7, 11) is 0. The van der Waals surface area contributed by atoms with E-state index < -0.39 is 12.4 Å². The summed E-state index contributed by atoms with van der Waals surface area (Å²) in [5.41, 5.74) is 1.85. The van der Waals surface area contributed by atoms with Crippen LogP contribution in [0.5, 0.6) is 23.0 Å². The second kappa shape index (κ2) is 6.60. The van der Waals surface area contributed by atoms with Crippen molar-refractivity contribution in [3.8, 4) is 23.0 Å². The first kappa shape index (κ1) is 16.7. The highest BCUT2D eigenvalue weighted by atomic mass is 16.7. The van der Waals surface area contributed by atoms with Gasteiger partial charge in [0.1, 0.15) is 0 Å². The van der Waals surface area contributed by atoms with Crippen molar-refractivity contribution in [2.45, 2.75) is 18.8 Å². The molecule has 142 valence electrons. The van der Waals surface area contributed by atoms with Gasteiger partial charge >= 0.3 is 0 Å². The number of aliphatic hydroxyl groups is 2. The third kappa shape index (κ3) is 2.88. The van der Waals surface area contributed by atoms with Crippen molar-refractivity contribution in [3.63, 3.8) is 0 Å². The molecule has 7 heteroatoms. The fourth-order valence-electron chi connectivity index (χ4n) is 4.03. The summed E-state index contributed by atoms with van der Waals surface area (Å²) in [5.74, 6) is 2.28. The maximum absolute atomic E-state index is 10.5. The van der Waals surface area contributed by atoms with Gasteiger partial charge in [0.25, 0.3) is 0 Å². The van der Waals surface area contributed by atoms with Gasteiger partial charge in [0.15, 0.2) is 29.3 Å². The summed E-state index contributed by atoms with van der Waals surface area (Å²) in [6, 6.07) is 11.3. The Bertz CT molecular complexity index is 852. The molecule has 5 rings (SSSR count). The molecule has 2 aromatic rings. The number of ether oxygens (including phenoxy) is 5. The molecule has 2 aromatic carbocycles. The van der Waals surface area contributed by atoms with Crippen LogP contribution in [-0.2, 0) is 11.2 Å². The van der Waals surface area contributed by atoms with E-state index in [0.29, 0.717) is 23.7 Å². The summed E-state index contributed by atoms with van der Waals surface area (Å²) >= 11 is 0. The topological polar surface area (TPSA) is 86.6 Å². The zero-order chi connectivity index (χ0) is 18.4. The second-order valence-electron chi connectivity index (χ2n) is 6.96. The van der Waals surface area contributed by atoms with Crippen molar-refractivity contribution in [3.05, 3.63) is 47.5 Å². The highest BCUT2D eigenvalue weighted by molar-refractivity contribution is 5.46. The Morgan fingerprint density at radius 3 is 2.22 bits per heavy atom. The zero-order valence-electron chi connectivity index (χ0n) is 14.5. The molecule has 0 aliphatic carbocycles. The van der Waals surface area contributed by atoms with Crippen molar-refractivity contribution in [1.82, 2.24) is 0 Å². The molecular weight excluding hydrogens is 352 g/mol. The molecule has 4 unspecified atom stereocenters. The van der Waals surface area contributed by atoms with Gasteiger partial charge < -0.3 is 33.9 Å². The lowest BCUT2D eigenvalue weighted by molar-refractivity contribution is -0.109. The van der Waals surface area contributed by atoms with E-state index in [0.717, 1.165) is 16.9 Å². The predicted octanol–water partition coefficient (Wildman–Crippen LogP) is 2.00. The highest BCUT2D eigenvalue weighted by Crippen LogP contribution is 2.45. The van der Waals surface area contributed by atoms with Crippen LogP contribution in [0.4, 0.5) is 0 Å². The molecule has 0 radical (unpaired) electrons. The maximum Gasteiger partial charge on any atom is 0.231 e. The first-order chi connectivity index (χ1) is 13.2. The van der Waals surface area contributed by atoms with E-state index in [-0.39, 0.29) is 32.0 Å². The van der Waals surface area contributed by atoms with E-state index in [1.54, 1.807) is 0 Å². The van der Waals surface area contributed by atoms with Crippen LogP contribution in [0.15, 0.2) is 36.4 Å². The Morgan fingerprint density at radius 2 is 1.48 bits per heavy atom. The summed E-state index contributed by atoms with van der Waals surface area (Å²) in [6.07, 6.45) is -0.828. The summed E-state index contributed by atoms with van der Waals surface area (Å²) in [6.45, 7) is 0.327. The first-order valence-electron chi connectivity index (χ1n) is 8.95. The van der Waals surface area contributed by atoms with Crippen molar-refractivity contribution >= 4 is 0 Å². The normalized spacial score (nSPS) is 27.9. The van der Waals surface area contributed by atoms with Crippen LogP contribution < -0.4 is 18.9 Å². The van der Waals surface area contributed by atoms with Crippen molar-refractivity contribution in [2.24, 2.45) is 11.8 Å². The molecule has 7 nitrogen and oxygen atoms in total.